The number of sulfone groups is 1. The highest BCUT2D eigenvalue weighted by Gasteiger charge is 2.26. The molecule has 2 unspecified atom stereocenters. The molecule has 0 bridgehead atoms. The molecule has 0 aromatic heterocycles. The van der Waals surface area contributed by atoms with Crippen LogP contribution in [0.25, 0.3) is 0 Å². The Hall–Kier alpha value is -1.85. The van der Waals surface area contributed by atoms with Gasteiger partial charge >= 0.3 is 0 Å². The van der Waals surface area contributed by atoms with Crippen molar-refractivity contribution in [1.82, 2.24) is 0 Å². The number of aryl methyl sites for hydroxylation is 2. The summed E-state index contributed by atoms with van der Waals surface area (Å²) in [6.07, 6.45) is -1.07. The molecular formula is C19H24O4S. The third-order valence-electron chi connectivity index (χ3n) is 3.91. The van der Waals surface area contributed by atoms with E-state index >= 15 is 0 Å². The van der Waals surface area contributed by atoms with E-state index in [9.17, 15) is 13.5 Å². The standard InChI is InChI=1S/C19H24O4S/c1-14-6-4-8-17(10-14)16(3)24(21,22)13-18(20)12-23-19-9-5-7-15(2)11-19/h4-11,16,18,20H,12-13H2,1-3H3. The van der Waals surface area contributed by atoms with Gasteiger partial charge in [-0.1, -0.05) is 42.0 Å². The topological polar surface area (TPSA) is 63.6 Å². The maximum atomic E-state index is 12.5. The normalized spacial score (nSPS) is 14.2. The van der Waals surface area contributed by atoms with E-state index in [1.807, 2.05) is 50.2 Å². The lowest BCUT2D eigenvalue weighted by atomic mass is 10.1. The third-order valence-corrected chi connectivity index (χ3v) is 6.11. The monoisotopic (exact) mass is 348 g/mol. The van der Waals surface area contributed by atoms with Crippen LogP contribution in [0.4, 0.5) is 0 Å². The van der Waals surface area contributed by atoms with Gasteiger partial charge in [-0.2, -0.15) is 0 Å². The molecule has 0 saturated heterocycles. The fourth-order valence-corrected chi connectivity index (χ4v) is 3.97. The zero-order chi connectivity index (χ0) is 17.7. The molecule has 2 atom stereocenters. The smallest absolute Gasteiger partial charge is 0.159 e. The number of ether oxygens (including phenoxy) is 1. The van der Waals surface area contributed by atoms with E-state index in [0.29, 0.717) is 5.75 Å². The fourth-order valence-electron chi connectivity index (χ4n) is 2.49. The maximum absolute atomic E-state index is 12.5. The van der Waals surface area contributed by atoms with Gasteiger partial charge in [-0.05, 0) is 44.0 Å². The van der Waals surface area contributed by atoms with Crippen LogP contribution >= 0.6 is 0 Å². The molecule has 0 aliphatic rings. The summed E-state index contributed by atoms with van der Waals surface area (Å²) in [5.74, 6) is 0.298. The Balaban J connectivity index is 1.97. The van der Waals surface area contributed by atoms with Crippen LogP contribution in [0.5, 0.6) is 5.75 Å². The van der Waals surface area contributed by atoms with E-state index in [0.717, 1.165) is 16.7 Å². The molecule has 0 amide bonds. The highest BCUT2D eigenvalue weighted by Crippen LogP contribution is 2.24. The number of benzene rings is 2. The maximum Gasteiger partial charge on any atom is 0.159 e. The van der Waals surface area contributed by atoms with Gasteiger partial charge in [0.05, 0.1) is 11.0 Å². The van der Waals surface area contributed by atoms with Crippen LogP contribution in [-0.4, -0.2) is 32.0 Å². The average Bonchev–Trinajstić information content (AvgIpc) is 2.52. The van der Waals surface area contributed by atoms with Gasteiger partial charge in [-0.3, -0.25) is 0 Å². The molecule has 2 aromatic carbocycles. The van der Waals surface area contributed by atoms with E-state index in [1.54, 1.807) is 19.1 Å². The van der Waals surface area contributed by atoms with Gasteiger partial charge in [0.15, 0.2) is 9.84 Å². The van der Waals surface area contributed by atoms with Crippen molar-refractivity contribution in [2.75, 3.05) is 12.4 Å². The Bertz CT molecular complexity index is 783. The fraction of sp³-hybridized carbons (Fsp3) is 0.368. The zero-order valence-electron chi connectivity index (χ0n) is 14.3. The van der Waals surface area contributed by atoms with Crippen molar-refractivity contribution in [3.8, 4) is 5.75 Å². The number of aliphatic hydroxyl groups is 1. The molecule has 5 heteroatoms. The van der Waals surface area contributed by atoms with Gasteiger partial charge < -0.3 is 9.84 Å². The summed E-state index contributed by atoms with van der Waals surface area (Å²) in [6.45, 7) is 5.46. The van der Waals surface area contributed by atoms with Crippen LogP contribution < -0.4 is 4.74 Å². The minimum atomic E-state index is -3.47. The molecule has 0 radical (unpaired) electrons. The second-order valence-corrected chi connectivity index (χ2v) is 8.53. The van der Waals surface area contributed by atoms with Crippen LogP contribution in [0, 0.1) is 13.8 Å². The second-order valence-electron chi connectivity index (χ2n) is 6.17. The lowest BCUT2D eigenvalue weighted by molar-refractivity contribution is 0.124. The number of rotatable bonds is 7. The van der Waals surface area contributed by atoms with Crippen molar-refractivity contribution in [3.63, 3.8) is 0 Å². The molecule has 130 valence electrons. The van der Waals surface area contributed by atoms with Gasteiger partial charge in [0.2, 0.25) is 0 Å². The quantitative estimate of drug-likeness (QED) is 0.834. The highest BCUT2D eigenvalue weighted by atomic mass is 32.2. The molecule has 4 nitrogen and oxygen atoms in total. The summed E-state index contributed by atoms with van der Waals surface area (Å²) in [5, 5.41) is 9.40. The first kappa shape index (κ1) is 18.5. The molecule has 0 saturated carbocycles. The van der Waals surface area contributed by atoms with Gasteiger partial charge in [0.25, 0.3) is 0 Å². The largest absolute Gasteiger partial charge is 0.491 e. The molecule has 2 rings (SSSR count). The van der Waals surface area contributed by atoms with E-state index in [-0.39, 0.29) is 12.4 Å². The molecule has 0 aliphatic carbocycles. The Kier molecular flexibility index (Phi) is 6.02. The van der Waals surface area contributed by atoms with Crippen molar-refractivity contribution in [2.24, 2.45) is 0 Å². The van der Waals surface area contributed by atoms with E-state index in [4.69, 9.17) is 4.74 Å². The third kappa shape index (κ3) is 5.08. The first-order valence-electron chi connectivity index (χ1n) is 7.93. The predicted octanol–water partition coefficient (Wildman–Crippen LogP) is 3.22. The number of hydrogen-bond acceptors (Lipinski definition) is 4. The molecule has 0 heterocycles. The Morgan fingerprint density at radius 3 is 2.29 bits per heavy atom. The first-order chi connectivity index (χ1) is 11.3. The van der Waals surface area contributed by atoms with E-state index in [2.05, 4.69) is 0 Å². The molecular weight excluding hydrogens is 324 g/mol. The Labute approximate surface area is 144 Å². The van der Waals surface area contributed by atoms with Crippen LogP contribution in [-0.2, 0) is 9.84 Å². The van der Waals surface area contributed by atoms with Crippen LogP contribution in [0.15, 0.2) is 48.5 Å². The number of aliphatic hydroxyl groups excluding tert-OH is 1. The van der Waals surface area contributed by atoms with Crippen LogP contribution in [0.2, 0.25) is 0 Å². The summed E-state index contributed by atoms with van der Waals surface area (Å²) >= 11 is 0. The van der Waals surface area contributed by atoms with Gasteiger partial charge in [-0.15, -0.1) is 0 Å². The molecule has 0 aliphatic heterocycles. The van der Waals surface area contributed by atoms with Gasteiger partial charge in [0.1, 0.15) is 18.5 Å². The predicted molar refractivity (Wildman–Crippen MR) is 96.1 cm³/mol. The summed E-state index contributed by atoms with van der Waals surface area (Å²) in [5.41, 5.74) is 2.79. The van der Waals surface area contributed by atoms with Crippen LogP contribution in [0.3, 0.4) is 0 Å². The summed E-state index contributed by atoms with van der Waals surface area (Å²) in [4.78, 5) is 0. The molecule has 2 aromatic rings. The summed E-state index contributed by atoms with van der Waals surface area (Å²) in [7, 11) is -3.47. The van der Waals surface area contributed by atoms with Crippen molar-refractivity contribution < 1.29 is 18.3 Å². The minimum absolute atomic E-state index is 0.0524. The molecule has 24 heavy (non-hydrogen) atoms. The summed E-state index contributed by atoms with van der Waals surface area (Å²) < 4.78 is 30.5. The molecule has 0 spiro atoms. The first-order valence-corrected chi connectivity index (χ1v) is 9.65. The number of hydrogen-bond donors (Lipinski definition) is 1. The van der Waals surface area contributed by atoms with E-state index < -0.39 is 21.2 Å². The van der Waals surface area contributed by atoms with Crippen molar-refractivity contribution >= 4 is 9.84 Å². The highest BCUT2D eigenvalue weighted by molar-refractivity contribution is 7.91. The van der Waals surface area contributed by atoms with Crippen molar-refractivity contribution in [2.45, 2.75) is 32.1 Å². The van der Waals surface area contributed by atoms with Crippen LogP contribution in [0.1, 0.15) is 28.9 Å². The lowest BCUT2D eigenvalue weighted by Gasteiger charge is -2.17. The van der Waals surface area contributed by atoms with Gasteiger partial charge in [0, 0.05) is 0 Å². The lowest BCUT2D eigenvalue weighted by Crippen LogP contribution is -2.29. The van der Waals surface area contributed by atoms with Gasteiger partial charge in [-0.25, -0.2) is 8.42 Å². The SMILES string of the molecule is Cc1cccc(OCC(O)CS(=O)(=O)C(C)c2cccc(C)c2)c1. The van der Waals surface area contributed by atoms with E-state index in [1.165, 1.54) is 0 Å². The minimum Gasteiger partial charge on any atom is -0.491 e. The molecule has 1 N–H and O–H groups in total. The Morgan fingerprint density at radius 1 is 1.04 bits per heavy atom. The summed E-state index contributed by atoms with van der Waals surface area (Å²) in [6, 6.07) is 14.8. The molecule has 0 fully saturated rings. The average molecular weight is 348 g/mol. The van der Waals surface area contributed by atoms with Crippen molar-refractivity contribution in [3.05, 3.63) is 65.2 Å². The second kappa shape index (κ2) is 7.81. The Morgan fingerprint density at radius 2 is 1.67 bits per heavy atom. The van der Waals surface area contributed by atoms with Crippen molar-refractivity contribution in [1.29, 1.82) is 0 Å². The zero-order valence-corrected chi connectivity index (χ0v) is 15.1.